The number of nitrogens with one attached hydrogen (secondary N) is 2. The summed E-state index contributed by atoms with van der Waals surface area (Å²) < 4.78 is 0. The van der Waals surface area contributed by atoms with Gasteiger partial charge in [-0.05, 0) is 50.1 Å². The molecule has 1 aromatic heterocycles. The zero-order valence-corrected chi connectivity index (χ0v) is 14.1. The van der Waals surface area contributed by atoms with Crippen LogP contribution in [0.25, 0.3) is 10.9 Å². The number of hydrogen-bond donors (Lipinski definition) is 2. The molecule has 122 valence electrons. The van der Waals surface area contributed by atoms with E-state index >= 15 is 0 Å². The minimum atomic E-state index is -0.157. The number of aryl methyl sites for hydroxylation is 3. The van der Waals surface area contributed by atoms with E-state index in [9.17, 15) is 9.59 Å². The fraction of sp³-hybridized carbons (Fsp3) is 0.200. The minimum absolute atomic E-state index is 0.128. The Balaban J connectivity index is 1.95. The van der Waals surface area contributed by atoms with Gasteiger partial charge in [0.15, 0.2) is 0 Å². The van der Waals surface area contributed by atoms with Crippen molar-refractivity contribution in [2.75, 3.05) is 5.32 Å². The van der Waals surface area contributed by atoms with E-state index in [4.69, 9.17) is 0 Å². The Labute approximate surface area is 140 Å². The van der Waals surface area contributed by atoms with Crippen LogP contribution in [0.4, 0.5) is 5.69 Å². The van der Waals surface area contributed by atoms with Gasteiger partial charge in [-0.3, -0.25) is 9.59 Å². The van der Waals surface area contributed by atoms with Crippen molar-refractivity contribution in [1.82, 2.24) is 4.98 Å². The molecule has 0 bridgehead atoms. The number of amides is 1. The van der Waals surface area contributed by atoms with Gasteiger partial charge in [0, 0.05) is 22.7 Å². The fourth-order valence-corrected chi connectivity index (χ4v) is 3.01. The summed E-state index contributed by atoms with van der Waals surface area (Å²) in [7, 11) is 0. The second-order valence-electron chi connectivity index (χ2n) is 6.10. The molecule has 0 spiro atoms. The highest BCUT2D eigenvalue weighted by Crippen LogP contribution is 2.21. The van der Waals surface area contributed by atoms with Crippen LogP contribution in [0.2, 0.25) is 0 Å². The minimum Gasteiger partial charge on any atom is -0.322 e. The molecule has 0 saturated carbocycles. The number of rotatable bonds is 3. The third-order valence-corrected chi connectivity index (χ3v) is 4.05. The molecular weight excluding hydrogens is 300 g/mol. The van der Waals surface area contributed by atoms with Crippen molar-refractivity contribution in [2.24, 2.45) is 0 Å². The Morgan fingerprint density at radius 2 is 1.75 bits per heavy atom. The number of pyridine rings is 1. The Morgan fingerprint density at radius 3 is 2.42 bits per heavy atom. The Bertz CT molecular complexity index is 966. The van der Waals surface area contributed by atoms with Crippen LogP contribution >= 0.6 is 0 Å². The average Bonchev–Trinajstić information content (AvgIpc) is 2.52. The van der Waals surface area contributed by atoms with Crippen molar-refractivity contribution in [1.29, 1.82) is 0 Å². The van der Waals surface area contributed by atoms with Crippen LogP contribution in [-0.4, -0.2) is 10.9 Å². The summed E-state index contributed by atoms with van der Waals surface area (Å²) in [5, 5.41) is 3.90. The van der Waals surface area contributed by atoms with Gasteiger partial charge < -0.3 is 10.3 Å². The number of aromatic nitrogens is 1. The summed E-state index contributed by atoms with van der Waals surface area (Å²) in [6.07, 6.45) is 0.786. The number of benzene rings is 2. The number of aromatic amines is 1. The Morgan fingerprint density at radius 1 is 1.04 bits per heavy atom. The monoisotopic (exact) mass is 320 g/mol. The van der Waals surface area contributed by atoms with Gasteiger partial charge in [-0.15, -0.1) is 0 Å². The summed E-state index contributed by atoms with van der Waals surface area (Å²) in [4.78, 5) is 27.0. The molecule has 0 aliphatic carbocycles. The Kier molecular flexibility index (Phi) is 4.21. The van der Waals surface area contributed by atoms with Crippen LogP contribution in [0.15, 0.2) is 47.3 Å². The molecule has 24 heavy (non-hydrogen) atoms. The summed E-state index contributed by atoms with van der Waals surface area (Å²) in [6, 6.07) is 13.0. The maximum atomic E-state index is 12.5. The van der Waals surface area contributed by atoms with Crippen molar-refractivity contribution in [3.63, 3.8) is 0 Å². The van der Waals surface area contributed by atoms with E-state index in [1.54, 1.807) is 12.1 Å². The maximum Gasteiger partial charge on any atom is 0.255 e. The van der Waals surface area contributed by atoms with E-state index < -0.39 is 0 Å². The number of carbonyl (C=O) groups is 1. The lowest BCUT2D eigenvalue weighted by Gasteiger charge is -2.09. The predicted molar refractivity (Wildman–Crippen MR) is 97.8 cm³/mol. The first-order chi connectivity index (χ1) is 11.5. The second kappa shape index (κ2) is 6.32. The second-order valence-corrected chi connectivity index (χ2v) is 6.10. The first kappa shape index (κ1) is 16.0. The van der Waals surface area contributed by atoms with Gasteiger partial charge in [0.25, 0.3) is 5.91 Å². The number of hydrogen-bond acceptors (Lipinski definition) is 2. The molecule has 0 radical (unpaired) electrons. The third-order valence-electron chi connectivity index (χ3n) is 4.05. The SMILES string of the molecule is CCc1cc(=O)[nH]c2cc(NC(=O)c3cc(C)cc(C)c3)ccc12. The van der Waals surface area contributed by atoms with E-state index in [1.165, 1.54) is 0 Å². The standard InChI is InChI=1S/C20H20N2O2/c1-4-14-10-19(23)22-18-11-16(5-6-17(14)18)21-20(24)15-8-12(2)7-13(3)9-15/h5-11H,4H2,1-3H3,(H,21,24)(H,22,23). The third kappa shape index (κ3) is 3.23. The van der Waals surface area contributed by atoms with Crippen LogP contribution in [0.3, 0.4) is 0 Å². The molecule has 2 aromatic carbocycles. The van der Waals surface area contributed by atoms with Gasteiger partial charge in [-0.1, -0.05) is 30.2 Å². The van der Waals surface area contributed by atoms with Gasteiger partial charge in [0.1, 0.15) is 0 Å². The van der Waals surface area contributed by atoms with Crippen LogP contribution in [-0.2, 0) is 6.42 Å². The molecule has 2 N–H and O–H groups in total. The maximum absolute atomic E-state index is 12.5. The molecule has 1 heterocycles. The molecule has 0 atom stereocenters. The first-order valence-electron chi connectivity index (χ1n) is 8.02. The molecule has 1 amide bonds. The topological polar surface area (TPSA) is 62.0 Å². The van der Waals surface area contributed by atoms with Gasteiger partial charge in [-0.2, -0.15) is 0 Å². The smallest absolute Gasteiger partial charge is 0.255 e. The summed E-state index contributed by atoms with van der Waals surface area (Å²) >= 11 is 0. The number of carbonyl (C=O) groups excluding carboxylic acids is 1. The lowest BCUT2D eigenvalue weighted by atomic mass is 10.1. The predicted octanol–water partition coefficient (Wildman–Crippen LogP) is 3.96. The van der Waals surface area contributed by atoms with E-state index in [-0.39, 0.29) is 11.5 Å². The van der Waals surface area contributed by atoms with Crippen LogP contribution < -0.4 is 10.9 Å². The van der Waals surface area contributed by atoms with E-state index in [0.717, 1.165) is 34.0 Å². The average molecular weight is 320 g/mol. The normalized spacial score (nSPS) is 10.8. The molecule has 0 aliphatic rings. The van der Waals surface area contributed by atoms with Crippen molar-refractivity contribution >= 4 is 22.5 Å². The van der Waals surface area contributed by atoms with Crippen LogP contribution in [0.5, 0.6) is 0 Å². The number of fused-ring (bicyclic) bond motifs is 1. The highest BCUT2D eigenvalue weighted by Gasteiger charge is 2.09. The van der Waals surface area contributed by atoms with E-state index in [1.807, 2.05) is 51.1 Å². The van der Waals surface area contributed by atoms with E-state index in [0.29, 0.717) is 11.3 Å². The molecule has 0 unspecified atom stereocenters. The molecule has 0 aliphatic heterocycles. The van der Waals surface area contributed by atoms with Crippen molar-refractivity contribution in [2.45, 2.75) is 27.2 Å². The van der Waals surface area contributed by atoms with Gasteiger partial charge >= 0.3 is 0 Å². The van der Waals surface area contributed by atoms with Gasteiger partial charge in [-0.25, -0.2) is 0 Å². The molecule has 4 heteroatoms. The molecule has 3 aromatic rings. The lowest BCUT2D eigenvalue weighted by Crippen LogP contribution is -2.13. The Hall–Kier alpha value is -2.88. The molecule has 4 nitrogen and oxygen atoms in total. The van der Waals surface area contributed by atoms with Gasteiger partial charge in [0.2, 0.25) is 5.56 Å². The first-order valence-corrected chi connectivity index (χ1v) is 8.02. The van der Waals surface area contributed by atoms with Crippen LogP contribution in [0, 0.1) is 13.8 Å². The zero-order valence-electron chi connectivity index (χ0n) is 14.1. The molecular formula is C20H20N2O2. The number of H-pyrrole nitrogens is 1. The summed E-state index contributed by atoms with van der Waals surface area (Å²) in [5.74, 6) is -0.157. The highest BCUT2D eigenvalue weighted by atomic mass is 16.1. The van der Waals surface area contributed by atoms with Crippen molar-refractivity contribution < 1.29 is 4.79 Å². The highest BCUT2D eigenvalue weighted by molar-refractivity contribution is 6.05. The molecule has 0 saturated heterocycles. The van der Waals surface area contributed by atoms with Crippen molar-refractivity contribution in [3.05, 3.63) is 75.1 Å². The van der Waals surface area contributed by atoms with Crippen LogP contribution in [0.1, 0.15) is 34.0 Å². The molecule has 0 fully saturated rings. The fourth-order valence-electron chi connectivity index (χ4n) is 3.01. The van der Waals surface area contributed by atoms with Crippen molar-refractivity contribution in [3.8, 4) is 0 Å². The summed E-state index contributed by atoms with van der Waals surface area (Å²) in [5.41, 5.74) is 5.00. The largest absolute Gasteiger partial charge is 0.322 e. The zero-order chi connectivity index (χ0) is 17.3. The van der Waals surface area contributed by atoms with E-state index in [2.05, 4.69) is 10.3 Å². The molecule has 3 rings (SSSR count). The summed E-state index contributed by atoms with van der Waals surface area (Å²) in [6.45, 7) is 5.96. The number of anilines is 1. The van der Waals surface area contributed by atoms with Gasteiger partial charge in [0.05, 0.1) is 5.52 Å². The lowest BCUT2D eigenvalue weighted by molar-refractivity contribution is 0.102. The quantitative estimate of drug-likeness (QED) is 0.767.